The summed E-state index contributed by atoms with van der Waals surface area (Å²) in [6, 6.07) is 23.3. The normalized spacial score (nSPS) is 10.8. The van der Waals surface area contributed by atoms with Gasteiger partial charge in [0.1, 0.15) is 18.3 Å². The van der Waals surface area contributed by atoms with Crippen LogP contribution in [0.3, 0.4) is 0 Å². The summed E-state index contributed by atoms with van der Waals surface area (Å²) in [6.45, 7) is 0. The molecule has 4 rings (SSSR count). The van der Waals surface area contributed by atoms with Crippen LogP contribution in [0.2, 0.25) is 0 Å². The number of nitrogens with zero attached hydrogens (tertiary/aromatic N) is 5. The minimum Gasteiger partial charge on any atom is -0.331 e. The standard InChI is InChI=1S/C23H19N5O3/c1-26(22(17-8-4-2-5-9-17)18-10-6-3-7-11-18)23(29)19-12-13-20(21(14-19)28(30)31)27-16-24-15-25-27/h2-16,22H,1H3. The van der Waals surface area contributed by atoms with Gasteiger partial charge in [-0.25, -0.2) is 9.67 Å². The summed E-state index contributed by atoms with van der Waals surface area (Å²) in [4.78, 5) is 29.9. The first kappa shape index (κ1) is 20.0. The Morgan fingerprint density at radius 2 is 1.61 bits per heavy atom. The lowest BCUT2D eigenvalue weighted by Gasteiger charge is -2.29. The minimum atomic E-state index is -0.528. The van der Waals surface area contributed by atoms with Crippen molar-refractivity contribution in [1.82, 2.24) is 19.7 Å². The lowest BCUT2D eigenvalue weighted by Crippen LogP contribution is -2.32. The maximum atomic E-state index is 13.4. The van der Waals surface area contributed by atoms with Gasteiger partial charge in [-0.1, -0.05) is 60.7 Å². The van der Waals surface area contributed by atoms with Crippen molar-refractivity contribution in [3.8, 4) is 5.69 Å². The first-order valence-corrected chi connectivity index (χ1v) is 9.57. The van der Waals surface area contributed by atoms with Gasteiger partial charge >= 0.3 is 0 Å². The van der Waals surface area contributed by atoms with E-state index in [2.05, 4.69) is 10.1 Å². The van der Waals surface area contributed by atoms with E-state index in [1.807, 2.05) is 60.7 Å². The van der Waals surface area contributed by atoms with Crippen LogP contribution >= 0.6 is 0 Å². The van der Waals surface area contributed by atoms with E-state index in [1.165, 1.54) is 29.5 Å². The second-order valence-electron chi connectivity index (χ2n) is 6.94. The molecule has 8 heteroatoms. The molecule has 0 N–H and O–H groups in total. The summed E-state index contributed by atoms with van der Waals surface area (Å²) < 4.78 is 1.30. The highest BCUT2D eigenvalue weighted by Crippen LogP contribution is 2.30. The van der Waals surface area contributed by atoms with Gasteiger partial charge in [-0.3, -0.25) is 14.9 Å². The number of nitro groups is 1. The molecule has 3 aromatic carbocycles. The highest BCUT2D eigenvalue weighted by atomic mass is 16.6. The molecule has 0 saturated heterocycles. The Bertz CT molecular complexity index is 1160. The molecule has 0 saturated carbocycles. The lowest BCUT2D eigenvalue weighted by atomic mass is 9.96. The van der Waals surface area contributed by atoms with E-state index in [9.17, 15) is 14.9 Å². The molecule has 0 atom stereocenters. The van der Waals surface area contributed by atoms with E-state index in [-0.39, 0.29) is 28.9 Å². The second-order valence-corrected chi connectivity index (χ2v) is 6.94. The molecule has 0 fully saturated rings. The summed E-state index contributed by atoms with van der Waals surface area (Å²) in [5.74, 6) is -0.328. The third kappa shape index (κ3) is 4.04. The molecular formula is C23H19N5O3. The van der Waals surface area contributed by atoms with E-state index in [0.717, 1.165) is 11.1 Å². The number of carbonyl (C=O) groups excluding carboxylic acids is 1. The van der Waals surface area contributed by atoms with Crippen molar-refractivity contribution in [1.29, 1.82) is 0 Å². The van der Waals surface area contributed by atoms with Gasteiger partial charge in [0.05, 0.1) is 11.0 Å². The van der Waals surface area contributed by atoms with Crippen LogP contribution in [-0.4, -0.2) is 37.5 Å². The maximum absolute atomic E-state index is 13.4. The lowest BCUT2D eigenvalue weighted by molar-refractivity contribution is -0.384. The van der Waals surface area contributed by atoms with Crippen molar-refractivity contribution >= 4 is 11.6 Å². The SMILES string of the molecule is CN(C(=O)c1ccc(-n2cncn2)c([N+](=O)[O-])c1)C(c1ccccc1)c1ccccc1. The zero-order valence-corrected chi connectivity index (χ0v) is 16.7. The first-order chi connectivity index (χ1) is 15.1. The molecule has 0 aliphatic heterocycles. The fraction of sp³-hybridized carbons (Fsp3) is 0.0870. The van der Waals surface area contributed by atoms with Crippen LogP contribution in [-0.2, 0) is 0 Å². The summed E-state index contributed by atoms with van der Waals surface area (Å²) in [7, 11) is 1.70. The topological polar surface area (TPSA) is 94.2 Å². The molecule has 0 aliphatic carbocycles. The number of hydrogen-bond acceptors (Lipinski definition) is 5. The molecule has 4 aromatic rings. The highest BCUT2D eigenvalue weighted by Gasteiger charge is 2.26. The monoisotopic (exact) mass is 413 g/mol. The predicted octanol–water partition coefficient (Wildman–Crippen LogP) is 4.04. The largest absolute Gasteiger partial charge is 0.331 e. The van der Waals surface area contributed by atoms with Crippen molar-refractivity contribution in [3.63, 3.8) is 0 Å². The van der Waals surface area contributed by atoms with Crippen LogP contribution in [0.4, 0.5) is 5.69 Å². The van der Waals surface area contributed by atoms with Crippen molar-refractivity contribution < 1.29 is 9.72 Å². The van der Waals surface area contributed by atoms with Crippen LogP contribution in [0.5, 0.6) is 0 Å². The van der Waals surface area contributed by atoms with Crippen molar-refractivity contribution in [2.75, 3.05) is 7.05 Å². The highest BCUT2D eigenvalue weighted by molar-refractivity contribution is 5.95. The Hall–Kier alpha value is -4.33. The van der Waals surface area contributed by atoms with Gasteiger partial charge in [0.2, 0.25) is 0 Å². The van der Waals surface area contributed by atoms with Gasteiger partial charge in [-0.15, -0.1) is 0 Å². The summed E-state index contributed by atoms with van der Waals surface area (Å²) in [5.41, 5.74) is 2.12. The van der Waals surface area contributed by atoms with Crippen LogP contribution < -0.4 is 0 Å². The van der Waals surface area contributed by atoms with Crippen molar-refractivity contribution in [2.24, 2.45) is 0 Å². The van der Waals surface area contributed by atoms with Gasteiger partial charge in [-0.05, 0) is 23.3 Å². The summed E-state index contributed by atoms with van der Waals surface area (Å²) in [6.07, 6.45) is 2.66. The van der Waals surface area contributed by atoms with Crippen LogP contribution in [0.15, 0.2) is 91.5 Å². The molecule has 0 unspecified atom stereocenters. The Morgan fingerprint density at radius 1 is 1.00 bits per heavy atom. The fourth-order valence-corrected chi connectivity index (χ4v) is 3.56. The molecule has 1 heterocycles. The Balaban J connectivity index is 1.74. The molecular weight excluding hydrogens is 394 g/mol. The molecule has 154 valence electrons. The van der Waals surface area contributed by atoms with Gasteiger partial charge in [0, 0.05) is 18.7 Å². The maximum Gasteiger partial charge on any atom is 0.295 e. The van der Waals surface area contributed by atoms with Crippen molar-refractivity contribution in [3.05, 3.63) is 118 Å². The number of amides is 1. The third-order valence-corrected chi connectivity index (χ3v) is 5.02. The Labute approximate surface area is 178 Å². The van der Waals surface area contributed by atoms with E-state index in [4.69, 9.17) is 0 Å². The minimum absolute atomic E-state index is 0.218. The van der Waals surface area contributed by atoms with Crippen molar-refractivity contribution in [2.45, 2.75) is 6.04 Å². The molecule has 8 nitrogen and oxygen atoms in total. The number of benzene rings is 3. The van der Waals surface area contributed by atoms with E-state index < -0.39 is 4.92 Å². The van der Waals surface area contributed by atoms with Gasteiger partial charge in [0.15, 0.2) is 0 Å². The predicted molar refractivity (Wildman–Crippen MR) is 115 cm³/mol. The van der Waals surface area contributed by atoms with Crippen LogP contribution in [0, 0.1) is 10.1 Å². The molecule has 1 aromatic heterocycles. The van der Waals surface area contributed by atoms with E-state index >= 15 is 0 Å². The number of aromatic nitrogens is 3. The first-order valence-electron chi connectivity index (χ1n) is 9.57. The van der Waals surface area contributed by atoms with Crippen LogP contribution in [0.25, 0.3) is 5.69 Å². The molecule has 1 amide bonds. The average Bonchev–Trinajstić information content (AvgIpc) is 3.34. The van der Waals surface area contributed by atoms with Gasteiger partial charge < -0.3 is 4.90 Å². The van der Waals surface area contributed by atoms with Gasteiger partial charge in [0.25, 0.3) is 11.6 Å². The number of hydrogen-bond donors (Lipinski definition) is 0. The van der Waals surface area contributed by atoms with Crippen LogP contribution in [0.1, 0.15) is 27.5 Å². The van der Waals surface area contributed by atoms with Gasteiger partial charge in [-0.2, -0.15) is 5.10 Å². The fourth-order valence-electron chi connectivity index (χ4n) is 3.56. The van der Waals surface area contributed by atoms with E-state index in [0.29, 0.717) is 0 Å². The molecule has 31 heavy (non-hydrogen) atoms. The molecule has 0 bridgehead atoms. The number of carbonyl (C=O) groups is 1. The quantitative estimate of drug-likeness (QED) is 0.351. The second kappa shape index (κ2) is 8.58. The Morgan fingerprint density at radius 3 is 2.13 bits per heavy atom. The molecule has 0 radical (unpaired) electrons. The third-order valence-electron chi connectivity index (χ3n) is 5.02. The summed E-state index contributed by atoms with van der Waals surface area (Å²) in [5, 5.41) is 15.6. The summed E-state index contributed by atoms with van der Waals surface area (Å²) >= 11 is 0. The zero-order valence-electron chi connectivity index (χ0n) is 16.7. The number of nitro benzene ring substituents is 1. The molecule has 0 spiro atoms. The Kier molecular flexibility index (Phi) is 5.53. The number of rotatable bonds is 6. The smallest absolute Gasteiger partial charge is 0.295 e. The average molecular weight is 413 g/mol. The molecule has 0 aliphatic rings. The van der Waals surface area contributed by atoms with E-state index in [1.54, 1.807) is 18.0 Å². The zero-order chi connectivity index (χ0) is 21.8.